The van der Waals surface area contributed by atoms with Crippen LogP contribution in [0.3, 0.4) is 0 Å². The van der Waals surface area contributed by atoms with Gasteiger partial charge < -0.3 is 0 Å². The third kappa shape index (κ3) is 16.0. The van der Waals surface area contributed by atoms with Crippen LogP contribution in [0.25, 0.3) is 101 Å². The molecular formula is C99H113N3. The quantitative estimate of drug-likeness (QED) is 0.0288. The maximum absolute atomic E-state index is 5.42. The Hall–Kier alpha value is -8.79. The maximum Gasteiger partial charge on any atom is 0.164 e. The van der Waals surface area contributed by atoms with Crippen molar-refractivity contribution in [2.45, 2.75) is 233 Å². The van der Waals surface area contributed by atoms with E-state index >= 15 is 0 Å². The number of nitrogens with zero attached hydrogens (tertiary/aromatic N) is 3. The monoisotopic (exact) mass is 1340 g/mol. The molecule has 12 rings (SSSR count). The van der Waals surface area contributed by atoms with Gasteiger partial charge in [0.25, 0.3) is 0 Å². The van der Waals surface area contributed by atoms with Crippen LogP contribution in [0.5, 0.6) is 0 Å². The largest absolute Gasteiger partial charge is 0.208 e. The molecule has 0 amide bonds. The molecule has 3 heteroatoms. The zero-order chi connectivity index (χ0) is 70.8. The Morgan fingerprint density at radius 1 is 0.343 bits per heavy atom. The lowest BCUT2D eigenvalue weighted by Crippen LogP contribution is -2.26. The Balaban J connectivity index is 0.921. The zero-order valence-electron chi connectivity index (χ0n) is 63.0. The Kier molecular flexibility index (Phi) is 25.0. The van der Waals surface area contributed by atoms with Gasteiger partial charge in [0.05, 0.1) is 0 Å². The highest BCUT2D eigenvalue weighted by Crippen LogP contribution is 2.59. The second-order valence-corrected chi connectivity index (χ2v) is 29.9. The van der Waals surface area contributed by atoms with Crippen molar-refractivity contribution >= 4 is 10.8 Å². The summed E-state index contributed by atoms with van der Waals surface area (Å²) in [6.45, 7) is 24.2. The number of hydrogen-bond acceptors (Lipinski definition) is 3. The van der Waals surface area contributed by atoms with Gasteiger partial charge in [-0.15, -0.1) is 0 Å². The third-order valence-electron chi connectivity index (χ3n) is 22.9. The first-order chi connectivity index (χ1) is 50.1. The Labute approximate surface area is 614 Å². The predicted octanol–water partition coefficient (Wildman–Crippen LogP) is 28.8. The molecule has 0 bridgehead atoms. The van der Waals surface area contributed by atoms with Gasteiger partial charge in [0, 0.05) is 27.5 Å². The Morgan fingerprint density at radius 3 is 1.36 bits per heavy atom. The minimum atomic E-state index is -0.183. The normalized spacial score (nSPS) is 13.3. The molecular weight excluding hydrogens is 1230 g/mol. The molecule has 0 unspecified atom stereocenters. The summed E-state index contributed by atoms with van der Waals surface area (Å²) >= 11 is 0. The minimum absolute atomic E-state index is 0.0315. The van der Waals surface area contributed by atoms with E-state index < -0.39 is 0 Å². The van der Waals surface area contributed by atoms with E-state index in [0.717, 1.165) is 74.5 Å². The molecule has 2 aliphatic rings. The molecule has 0 fully saturated rings. The molecule has 0 radical (unpaired) electrons. The molecule has 0 aliphatic heterocycles. The van der Waals surface area contributed by atoms with Gasteiger partial charge in [-0.1, -0.05) is 331 Å². The molecule has 3 nitrogen and oxygen atoms in total. The molecule has 0 saturated heterocycles. The topological polar surface area (TPSA) is 38.7 Å². The molecule has 1 heterocycles. The number of allylic oxidation sites excluding steroid dienone is 6. The number of aromatic nitrogens is 3. The van der Waals surface area contributed by atoms with Crippen molar-refractivity contribution in [3.63, 3.8) is 0 Å². The summed E-state index contributed by atoms with van der Waals surface area (Å²) in [6, 6.07) is 66.3. The van der Waals surface area contributed by atoms with Crippen LogP contribution in [0.15, 0.2) is 219 Å². The summed E-state index contributed by atoms with van der Waals surface area (Å²) in [5.74, 6) is 2.02. The van der Waals surface area contributed by atoms with Crippen LogP contribution in [0, 0.1) is 13.8 Å². The van der Waals surface area contributed by atoms with E-state index in [1.807, 2.05) is 12.2 Å². The van der Waals surface area contributed by atoms with E-state index in [2.05, 4.69) is 256 Å². The van der Waals surface area contributed by atoms with Crippen molar-refractivity contribution in [3.05, 3.63) is 270 Å². The van der Waals surface area contributed by atoms with E-state index in [9.17, 15) is 0 Å². The highest BCUT2D eigenvalue weighted by atomic mass is 15.0. The lowest BCUT2D eigenvalue weighted by atomic mass is 9.69. The van der Waals surface area contributed by atoms with Crippen LogP contribution in [-0.2, 0) is 30.1 Å². The third-order valence-corrected chi connectivity index (χ3v) is 22.9. The molecule has 102 heavy (non-hydrogen) atoms. The molecule has 0 atom stereocenters. The number of rotatable bonds is 37. The van der Waals surface area contributed by atoms with Crippen molar-refractivity contribution in [2.24, 2.45) is 0 Å². The van der Waals surface area contributed by atoms with Crippen LogP contribution >= 0.6 is 0 Å². The van der Waals surface area contributed by atoms with Crippen molar-refractivity contribution < 1.29 is 0 Å². The number of unbranched alkanes of at least 4 members (excludes halogenated alkanes) is 14. The van der Waals surface area contributed by atoms with E-state index in [0.29, 0.717) is 17.5 Å². The minimum Gasteiger partial charge on any atom is -0.208 e. The molecule has 10 aromatic rings. The summed E-state index contributed by atoms with van der Waals surface area (Å²) in [6.07, 6.45) is 44.6. The second kappa shape index (κ2) is 34.9. The highest BCUT2D eigenvalue weighted by Gasteiger charge is 2.45. The average Bonchev–Trinajstić information content (AvgIpc) is 1.55. The van der Waals surface area contributed by atoms with Crippen molar-refractivity contribution in [2.75, 3.05) is 0 Å². The van der Waals surface area contributed by atoms with E-state index in [1.54, 1.807) is 5.56 Å². The first-order valence-electron chi connectivity index (χ1n) is 39.8. The van der Waals surface area contributed by atoms with Crippen molar-refractivity contribution in [1.29, 1.82) is 0 Å². The fraction of sp³-hybridized carbons (Fsp3) is 0.364. The molecule has 524 valence electrons. The van der Waals surface area contributed by atoms with Gasteiger partial charge >= 0.3 is 0 Å². The fourth-order valence-corrected chi connectivity index (χ4v) is 17.3. The van der Waals surface area contributed by atoms with Crippen molar-refractivity contribution in [3.8, 4) is 89.8 Å². The lowest BCUT2D eigenvalue weighted by molar-refractivity contribution is 0.401. The molecule has 0 saturated carbocycles. The van der Waals surface area contributed by atoms with E-state index in [1.165, 1.54) is 226 Å². The van der Waals surface area contributed by atoms with Gasteiger partial charge in [-0.25, -0.2) is 15.0 Å². The van der Waals surface area contributed by atoms with E-state index in [-0.39, 0.29) is 10.8 Å². The van der Waals surface area contributed by atoms with Gasteiger partial charge in [0.1, 0.15) is 0 Å². The van der Waals surface area contributed by atoms with Crippen LogP contribution in [0.2, 0.25) is 0 Å². The molecule has 9 aromatic carbocycles. The van der Waals surface area contributed by atoms with Gasteiger partial charge in [0.15, 0.2) is 17.5 Å². The Bertz CT molecular complexity index is 4520. The summed E-state index contributed by atoms with van der Waals surface area (Å²) in [7, 11) is 0. The fourth-order valence-electron chi connectivity index (χ4n) is 17.3. The van der Waals surface area contributed by atoms with Gasteiger partial charge in [0.2, 0.25) is 0 Å². The summed E-state index contributed by atoms with van der Waals surface area (Å²) in [5, 5.41) is 2.66. The summed E-state index contributed by atoms with van der Waals surface area (Å²) in [4.78, 5) is 16.1. The predicted molar refractivity (Wildman–Crippen MR) is 441 cm³/mol. The Morgan fingerprint density at radius 2 is 0.804 bits per heavy atom. The smallest absolute Gasteiger partial charge is 0.164 e. The second-order valence-electron chi connectivity index (χ2n) is 29.9. The number of fused-ring (bicyclic) bond motifs is 8. The molecule has 1 aromatic heterocycles. The first-order valence-corrected chi connectivity index (χ1v) is 39.8. The zero-order valence-corrected chi connectivity index (χ0v) is 63.0. The highest BCUT2D eigenvalue weighted by molar-refractivity contribution is 6.09. The van der Waals surface area contributed by atoms with Crippen LogP contribution in [0.1, 0.15) is 239 Å². The SMILES string of the molecule is C=C/C=C\CCCC1(CCC/C=C\C=C)c2cc(-c3ccc(-c4nc(-c5ccc(CCCCCC)cc5)nc(-c5ccc(-c6cc7c(c8ccccc68)-c6ccc(C)cc6C7(CCCCCC)CCCCCC)cc5)n4)cc3)ccc2-c2ccc(-c3cc(CCCCCC)c(C)cc3CC)cc21. The van der Waals surface area contributed by atoms with Gasteiger partial charge in [-0.3, -0.25) is 0 Å². The summed E-state index contributed by atoms with van der Waals surface area (Å²) in [5.41, 5.74) is 29.1. The summed E-state index contributed by atoms with van der Waals surface area (Å²) < 4.78 is 0. The standard InChI is InChI=1S/C99H113N3/c1-10-17-23-29-37-61-98(62-38-30-24-18-11-2)91-68-81(56-59-84(91)85-60-57-82(69-92(85)98)88-67-80(40-32-26-20-13-4)72(9)66-74(88)16-7)75-48-52-78(53-49-75)96-100-95(77-46-44-73(45-47-77)39-31-25-19-12-3)101-97(102-96)79-54-50-76(51-55-79)89-70-93-94(86-42-34-33-41-83(86)89)87-58-43-71(8)65-90(87)99(93,63-35-27-21-14-5)64-36-28-22-15-6/h10-11,17-18,23-24,33-34,41-60,65-70H,1-2,12-16,19-22,25-32,35-40,61-64H2,3-9H3/b23-17-,24-18-. The molecule has 2 aliphatic carbocycles. The van der Waals surface area contributed by atoms with E-state index in [4.69, 9.17) is 15.0 Å². The van der Waals surface area contributed by atoms with Crippen molar-refractivity contribution in [1.82, 2.24) is 15.0 Å². The van der Waals surface area contributed by atoms with Crippen LogP contribution in [-0.4, -0.2) is 15.0 Å². The first kappa shape index (κ1) is 73.0. The van der Waals surface area contributed by atoms with Gasteiger partial charge in [-0.05, 0) is 226 Å². The van der Waals surface area contributed by atoms with Gasteiger partial charge in [-0.2, -0.15) is 0 Å². The van der Waals surface area contributed by atoms with Crippen LogP contribution in [0.4, 0.5) is 0 Å². The number of hydrogen-bond donors (Lipinski definition) is 0. The lowest BCUT2D eigenvalue weighted by Gasteiger charge is -2.33. The average molecular weight is 1350 g/mol. The number of benzene rings is 9. The molecule has 0 N–H and O–H groups in total. The van der Waals surface area contributed by atoms with Crippen LogP contribution < -0.4 is 0 Å². The maximum atomic E-state index is 5.42. The number of aryl methyl sites for hydroxylation is 5. The molecule has 0 spiro atoms.